The fourth-order valence-electron chi connectivity index (χ4n) is 3.21. The number of hydrogen-bond donors (Lipinski definition) is 0. The number of ketones is 1. The van der Waals surface area contributed by atoms with E-state index in [0.29, 0.717) is 30.1 Å². The van der Waals surface area contributed by atoms with Crippen LogP contribution in [0.4, 0.5) is 0 Å². The molecule has 23 heavy (non-hydrogen) atoms. The highest BCUT2D eigenvalue weighted by molar-refractivity contribution is 7.12. The summed E-state index contributed by atoms with van der Waals surface area (Å²) in [5.74, 6) is -0.0896. The van der Waals surface area contributed by atoms with Crippen molar-refractivity contribution < 1.29 is 14.3 Å². The van der Waals surface area contributed by atoms with Gasteiger partial charge in [0, 0.05) is 6.42 Å². The van der Waals surface area contributed by atoms with Crippen LogP contribution in [0.3, 0.4) is 0 Å². The molecule has 0 saturated heterocycles. The van der Waals surface area contributed by atoms with Crippen LogP contribution in [0, 0.1) is 0 Å². The summed E-state index contributed by atoms with van der Waals surface area (Å²) in [5, 5.41) is 1.85. The van der Waals surface area contributed by atoms with Crippen molar-refractivity contribution in [2.75, 3.05) is 13.1 Å². The van der Waals surface area contributed by atoms with Gasteiger partial charge in [-0.25, -0.2) is 4.79 Å². The van der Waals surface area contributed by atoms with Gasteiger partial charge in [0.05, 0.1) is 4.88 Å². The van der Waals surface area contributed by atoms with Gasteiger partial charge in [-0.2, -0.15) is 0 Å². The molecule has 120 valence electrons. The van der Waals surface area contributed by atoms with Crippen molar-refractivity contribution in [3.8, 4) is 5.75 Å². The van der Waals surface area contributed by atoms with Crippen LogP contribution in [0.1, 0.15) is 29.1 Å². The van der Waals surface area contributed by atoms with Crippen LogP contribution in [0.5, 0.6) is 5.75 Å². The molecule has 1 aromatic carbocycles. The molecular formula is C18H19NO3S. The summed E-state index contributed by atoms with van der Waals surface area (Å²) >= 11 is 1.36. The molecule has 0 bridgehead atoms. The normalized spacial score (nSPS) is 20.2. The number of rotatable bonds is 5. The summed E-state index contributed by atoms with van der Waals surface area (Å²) in [5.41, 5.74) is -0.383. The molecule has 1 aliphatic heterocycles. The fraction of sp³-hybridized carbons (Fsp3) is 0.333. The second kappa shape index (κ2) is 6.26. The first-order valence-corrected chi connectivity index (χ1v) is 8.65. The van der Waals surface area contributed by atoms with E-state index in [9.17, 15) is 9.59 Å². The molecule has 1 aromatic heterocycles. The van der Waals surface area contributed by atoms with Crippen LogP contribution in [-0.2, 0) is 11.2 Å². The second-order valence-electron chi connectivity index (χ2n) is 5.51. The summed E-state index contributed by atoms with van der Waals surface area (Å²) < 4.78 is 5.55. The number of likely N-dealkylation sites (N-methyl/N-ethyl adjacent to an activating group) is 1. The Bertz CT molecular complexity index is 722. The third-order valence-corrected chi connectivity index (χ3v) is 5.25. The molecule has 2 aromatic rings. The third-order valence-electron chi connectivity index (χ3n) is 4.38. The third kappa shape index (κ3) is 2.50. The maximum atomic E-state index is 13.2. The van der Waals surface area contributed by atoms with Crippen LogP contribution in [0.2, 0.25) is 0 Å². The predicted molar refractivity (Wildman–Crippen MR) is 90.1 cm³/mol. The van der Waals surface area contributed by atoms with Gasteiger partial charge in [0.15, 0.2) is 5.54 Å². The molecule has 0 amide bonds. The number of nitrogens with zero attached hydrogens (tertiary/aromatic N) is 1. The van der Waals surface area contributed by atoms with Crippen LogP contribution in [0.15, 0.2) is 41.8 Å². The quantitative estimate of drug-likeness (QED) is 0.366. The number of fused-ring (bicyclic) bond motifs is 1. The number of thiophene rings is 1. The first kappa shape index (κ1) is 15.9. The highest BCUT2D eigenvalue weighted by atomic mass is 32.1. The number of esters is 1. The molecule has 0 saturated carbocycles. The molecule has 4 nitrogen and oxygen atoms in total. The number of carbonyl (C=O) groups is 2. The summed E-state index contributed by atoms with van der Waals surface area (Å²) in [6, 6.07) is 11.0. The number of ether oxygens (including phenoxy) is 1. The van der Waals surface area contributed by atoms with Crippen molar-refractivity contribution in [3.63, 3.8) is 0 Å². The Morgan fingerprint density at radius 2 is 1.96 bits per heavy atom. The molecule has 3 rings (SSSR count). The minimum Gasteiger partial charge on any atom is -0.425 e. The zero-order valence-corrected chi connectivity index (χ0v) is 14.1. The summed E-state index contributed by atoms with van der Waals surface area (Å²) in [7, 11) is 0. The van der Waals surface area contributed by atoms with Crippen molar-refractivity contribution in [1.82, 2.24) is 4.90 Å². The molecular weight excluding hydrogens is 310 g/mol. The molecule has 0 radical (unpaired) electrons. The summed E-state index contributed by atoms with van der Waals surface area (Å²) in [4.78, 5) is 28.6. The lowest BCUT2D eigenvalue weighted by Gasteiger charge is -2.42. The predicted octanol–water partition coefficient (Wildman–Crippen LogP) is 3.17. The highest BCUT2D eigenvalue weighted by Crippen LogP contribution is 2.36. The zero-order chi connectivity index (χ0) is 16.4. The van der Waals surface area contributed by atoms with Crippen LogP contribution in [0.25, 0.3) is 0 Å². The maximum absolute atomic E-state index is 13.2. The fourth-order valence-corrected chi connectivity index (χ4v) is 3.95. The van der Waals surface area contributed by atoms with Crippen molar-refractivity contribution in [1.29, 1.82) is 0 Å². The Balaban J connectivity index is 2.13. The van der Waals surface area contributed by atoms with Crippen molar-refractivity contribution >= 4 is 23.1 Å². The van der Waals surface area contributed by atoms with E-state index in [1.165, 1.54) is 11.3 Å². The van der Waals surface area contributed by atoms with E-state index < -0.39 is 11.5 Å². The highest BCUT2D eigenvalue weighted by Gasteiger charge is 2.54. The van der Waals surface area contributed by atoms with Gasteiger partial charge in [0.2, 0.25) is 5.78 Å². The van der Waals surface area contributed by atoms with E-state index >= 15 is 0 Å². The number of benzene rings is 1. The van der Waals surface area contributed by atoms with Crippen molar-refractivity contribution in [3.05, 3.63) is 52.2 Å². The van der Waals surface area contributed by atoms with Crippen LogP contribution < -0.4 is 4.74 Å². The Labute approximate surface area is 139 Å². The molecule has 2 heterocycles. The summed E-state index contributed by atoms with van der Waals surface area (Å²) in [6.45, 7) is 5.12. The molecule has 0 N–H and O–H groups in total. The summed E-state index contributed by atoms with van der Waals surface area (Å²) in [6.07, 6.45) is 0.348. The Morgan fingerprint density at radius 1 is 1.22 bits per heavy atom. The number of carbonyl (C=O) groups excluding carboxylic acids is 2. The monoisotopic (exact) mass is 329 g/mol. The maximum Gasteiger partial charge on any atom is 0.340 e. The van der Waals surface area contributed by atoms with Gasteiger partial charge >= 0.3 is 5.97 Å². The number of hydrogen-bond acceptors (Lipinski definition) is 5. The first-order valence-electron chi connectivity index (χ1n) is 7.77. The Morgan fingerprint density at radius 3 is 2.61 bits per heavy atom. The van der Waals surface area contributed by atoms with Crippen molar-refractivity contribution in [2.45, 2.75) is 25.8 Å². The molecule has 5 heteroatoms. The Hall–Kier alpha value is -1.98. The second-order valence-corrected chi connectivity index (χ2v) is 6.46. The topological polar surface area (TPSA) is 46.6 Å². The lowest BCUT2D eigenvalue weighted by Crippen LogP contribution is -2.64. The van der Waals surface area contributed by atoms with E-state index in [1.807, 2.05) is 48.4 Å². The average Bonchev–Trinajstić information content (AvgIpc) is 3.10. The van der Waals surface area contributed by atoms with E-state index in [4.69, 9.17) is 4.74 Å². The van der Waals surface area contributed by atoms with E-state index in [-0.39, 0.29) is 5.78 Å². The Kier molecular flexibility index (Phi) is 4.33. The smallest absolute Gasteiger partial charge is 0.340 e. The number of para-hydroxylation sites is 1. The molecule has 0 fully saturated rings. The minimum atomic E-state index is -1.28. The van der Waals surface area contributed by atoms with E-state index in [2.05, 4.69) is 0 Å². The largest absolute Gasteiger partial charge is 0.425 e. The van der Waals surface area contributed by atoms with Crippen molar-refractivity contribution in [2.24, 2.45) is 0 Å². The van der Waals surface area contributed by atoms with Gasteiger partial charge in [0.1, 0.15) is 5.75 Å². The van der Waals surface area contributed by atoms with Gasteiger partial charge in [-0.1, -0.05) is 38.1 Å². The number of Topliss-reactive ketones (excluding diaryl/α,β-unsaturated/α-hetero) is 1. The van der Waals surface area contributed by atoms with Gasteiger partial charge in [-0.15, -0.1) is 11.3 Å². The van der Waals surface area contributed by atoms with Gasteiger partial charge in [-0.05, 0) is 36.2 Å². The molecule has 1 atom stereocenters. The van der Waals surface area contributed by atoms with E-state index in [1.54, 1.807) is 12.1 Å². The molecule has 1 aliphatic rings. The van der Waals surface area contributed by atoms with Gasteiger partial charge in [-0.3, -0.25) is 9.69 Å². The molecule has 0 spiro atoms. The van der Waals surface area contributed by atoms with Gasteiger partial charge in [0.25, 0.3) is 0 Å². The molecule has 1 unspecified atom stereocenters. The zero-order valence-electron chi connectivity index (χ0n) is 13.2. The standard InChI is InChI=1S/C18H19NO3S/c1-3-19(4-2)18(16(20)15-10-7-11-23-15)12-13-8-5-6-9-14(13)22-17(18)21/h5-11H,3-4,12H2,1-2H3. The SMILES string of the molecule is CCN(CC)C1(C(=O)c2cccs2)Cc2ccccc2OC1=O. The minimum absolute atomic E-state index is 0.171. The first-order chi connectivity index (χ1) is 11.1. The lowest BCUT2D eigenvalue weighted by atomic mass is 9.81. The van der Waals surface area contributed by atoms with Gasteiger partial charge < -0.3 is 4.74 Å². The van der Waals surface area contributed by atoms with Crippen LogP contribution >= 0.6 is 11.3 Å². The van der Waals surface area contributed by atoms with E-state index in [0.717, 1.165) is 5.56 Å². The lowest BCUT2D eigenvalue weighted by molar-refractivity contribution is -0.146. The average molecular weight is 329 g/mol. The van der Waals surface area contributed by atoms with Crippen LogP contribution in [-0.4, -0.2) is 35.3 Å². The molecule has 0 aliphatic carbocycles.